The Morgan fingerprint density at radius 2 is 1.85 bits per heavy atom. The number of esters is 2. The summed E-state index contributed by atoms with van der Waals surface area (Å²) in [7, 11) is 3.90. The van der Waals surface area contributed by atoms with E-state index in [-0.39, 0.29) is 16.1 Å². The van der Waals surface area contributed by atoms with Crippen LogP contribution in [0.4, 0.5) is 5.69 Å². The standard InChI is InChI=1S/C18H21NO7S/c1-6-13(24-3)9-10-18(2,17(21)26-5)27-15-8-7-12(16(20)25-4)11-14(15)19(22)23/h6-11H,1-5H3/b10-9-,13-6+. The molecule has 0 aliphatic heterocycles. The van der Waals surface area contributed by atoms with E-state index in [4.69, 9.17) is 9.47 Å². The molecule has 27 heavy (non-hydrogen) atoms. The second-order valence-corrected chi connectivity index (χ2v) is 6.85. The van der Waals surface area contributed by atoms with Gasteiger partial charge in [0, 0.05) is 6.07 Å². The molecule has 0 saturated heterocycles. The highest BCUT2D eigenvalue weighted by atomic mass is 32.2. The number of benzene rings is 1. The normalized spacial score (nSPS) is 13.7. The number of hydrogen-bond donors (Lipinski definition) is 0. The van der Waals surface area contributed by atoms with E-state index >= 15 is 0 Å². The van der Waals surface area contributed by atoms with Gasteiger partial charge in [-0.15, -0.1) is 0 Å². The van der Waals surface area contributed by atoms with Gasteiger partial charge >= 0.3 is 11.9 Å². The third-order valence-electron chi connectivity index (χ3n) is 3.58. The van der Waals surface area contributed by atoms with Gasteiger partial charge < -0.3 is 14.2 Å². The van der Waals surface area contributed by atoms with Crippen molar-refractivity contribution in [1.82, 2.24) is 0 Å². The highest BCUT2D eigenvalue weighted by molar-refractivity contribution is 8.01. The molecule has 1 aromatic carbocycles. The summed E-state index contributed by atoms with van der Waals surface area (Å²) in [5.41, 5.74) is -0.274. The molecule has 0 fully saturated rings. The largest absolute Gasteiger partial charge is 0.497 e. The Balaban J connectivity index is 3.38. The number of carbonyl (C=O) groups is 2. The lowest BCUT2D eigenvalue weighted by atomic mass is 10.1. The van der Waals surface area contributed by atoms with Crippen molar-refractivity contribution in [3.63, 3.8) is 0 Å². The maximum atomic E-state index is 12.3. The van der Waals surface area contributed by atoms with Crippen molar-refractivity contribution >= 4 is 29.4 Å². The van der Waals surface area contributed by atoms with Crippen LogP contribution in [-0.2, 0) is 19.0 Å². The van der Waals surface area contributed by atoms with Gasteiger partial charge in [0.25, 0.3) is 5.69 Å². The minimum Gasteiger partial charge on any atom is -0.497 e. The lowest BCUT2D eigenvalue weighted by molar-refractivity contribution is -0.387. The number of nitro groups is 1. The van der Waals surface area contributed by atoms with Crippen LogP contribution in [0.5, 0.6) is 0 Å². The molecule has 1 atom stereocenters. The molecule has 9 heteroatoms. The summed E-state index contributed by atoms with van der Waals surface area (Å²) >= 11 is 0.932. The Morgan fingerprint density at radius 3 is 2.33 bits per heavy atom. The number of methoxy groups -OCH3 is 3. The average molecular weight is 395 g/mol. The highest BCUT2D eigenvalue weighted by Gasteiger charge is 2.35. The molecular weight excluding hydrogens is 374 g/mol. The summed E-state index contributed by atoms with van der Waals surface area (Å²) in [6, 6.07) is 3.91. The fourth-order valence-electron chi connectivity index (χ4n) is 2.09. The fourth-order valence-corrected chi connectivity index (χ4v) is 3.22. The number of rotatable bonds is 8. The quantitative estimate of drug-likeness (QED) is 0.164. The van der Waals surface area contributed by atoms with Crippen LogP contribution < -0.4 is 0 Å². The van der Waals surface area contributed by atoms with Crippen LogP contribution >= 0.6 is 11.8 Å². The Morgan fingerprint density at radius 1 is 1.19 bits per heavy atom. The van der Waals surface area contributed by atoms with Crippen LogP contribution in [0.2, 0.25) is 0 Å². The Bertz CT molecular complexity index is 788. The van der Waals surface area contributed by atoms with E-state index in [1.807, 2.05) is 0 Å². The van der Waals surface area contributed by atoms with E-state index in [2.05, 4.69) is 4.74 Å². The van der Waals surface area contributed by atoms with Gasteiger partial charge in [0.15, 0.2) is 0 Å². The van der Waals surface area contributed by atoms with E-state index in [9.17, 15) is 19.7 Å². The summed E-state index contributed by atoms with van der Waals surface area (Å²) in [6.07, 6.45) is 4.82. The summed E-state index contributed by atoms with van der Waals surface area (Å²) in [5.74, 6) is -0.772. The van der Waals surface area contributed by atoms with Crippen molar-refractivity contribution in [1.29, 1.82) is 0 Å². The first-order valence-electron chi connectivity index (χ1n) is 7.76. The van der Waals surface area contributed by atoms with Crippen LogP contribution in [0.15, 0.2) is 47.1 Å². The molecule has 1 rings (SSSR count). The molecule has 0 heterocycles. The van der Waals surface area contributed by atoms with Crippen molar-refractivity contribution in [2.45, 2.75) is 23.5 Å². The van der Waals surface area contributed by atoms with E-state index in [1.54, 1.807) is 32.1 Å². The van der Waals surface area contributed by atoms with Crippen LogP contribution in [-0.4, -0.2) is 42.9 Å². The summed E-state index contributed by atoms with van der Waals surface area (Å²) in [5, 5.41) is 11.4. The first-order chi connectivity index (χ1) is 12.7. The van der Waals surface area contributed by atoms with E-state index < -0.39 is 21.6 Å². The van der Waals surface area contributed by atoms with Gasteiger partial charge in [-0.3, -0.25) is 14.9 Å². The van der Waals surface area contributed by atoms with Gasteiger partial charge in [0.1, 0.15) is 10.5 Å². The van der Waals surface area contributed by atoms with Crippen molar-refractivity contribution in [2.24, 2.45) is 0 Å². The van der Waals surface area contributed by atoms with Crippen LogP contribution in [0.25, 0.3) is 0 Å². The third kappa shape index (κ3) is 5.58. The van der Waals surface area contributed by atoms with Gasteiger partial charge in [-0.05, 0) is 38.1 Å². The number of ether oxygens (including phenoxy) is 3. The Labute approximate surface area is 161 Å². The van der Waals surface area contributed by atoms with Crippen molar-refractivity contribution < 1.29 is 28.7 Å². The third-order valence-corrected chi connectivity index (χ3v) is 4.87. The minimum absolute atomic E-state index is 0.0412. The SMILES string of the molecule is C/C=C(\C=C/C(C)(Sc1ccc(C(=O)OC)cc1[N+](=O)[O-])C(=O)OC)OC. The average Bonchev–Trinajstić information content (AvgIpc) is 2.67. The van der Waals surface area contributed by atoms with Gasteiger partial charge in [-0.1, -0.05) is 17.8 Å². The van der Waals surface area contributed by atoms with E-state index in [0.29, 0.717) is 5.76 Å². The maximum Gasteiger partial charge on any atom is 0.338 e. The number of carbonyl (C=O) groups excluding carboxylic acids is 2. The molecule has 0 amide bonds. The molecule has 8 nitrogen and oxygen atoms in total. The van der Waals surface area contributed by atoms with Gasteiger partial charge in [0.2, 0.25) is 0 Å². The molecule has 1 aromatic rings. The number of nitrogens with zero attached hydrogens (tertiary/aromatic N) is 1. The maximum absolute atomic E-state index is 12.3. The number of thioether (sulfide) groups is 1. The first-order valence-corrected chi connectivity index (χ1v) is 8.57. The zero-order chi connectivity index (χ0) is 20.6. The zero-order valence-electron chi connectivity index (χ0n) is 15.7. The van der Waals surface area contributed by atoms with Crippen molar-refractivity contribution in [3.8, 4) is 0 Å². The number of nitro benzene ring substituents is 1. The van der Waals surface area contributed by atoms with Crippen LogP contribution in [0.3, 0.4) is 0 Å². The molecule has 146 valence electrons. The summed E-state index contributed by atoms with van der Waals surface area (Å²) in [6.45, 7) is 3.34. The van der Waals surface area contributed by atoms with Gasteiger partial charge in [0.05, 0.1) is 36.7 Å². The minimum atomic E-state index is -1.26. The second-order valence-electron chi connectivity index (χ2n) is 5.36. The predicted molar refractivity (Wildman–Crippen MR) is 101 cm³/mol. The van der Waals surface area contributed by atoms with E-state index in [0.717, 1.165) is 17.8 Å². The summed E-state index contributed by atoms with van der Waals surface area (Å²) in [4.78, 5) is 35.0. The zero-order valence-corrected chi connectivity index (χ0v) is 16.5. The predicted octanol–water partition coefficient (Wildman–Crippen LogP) is 3.51. The van der Waals surface area contributed by atoms with Gasteiger partial charge in [-0.2, -0.15) is 0 Å². The topological polar surface area (TPSA) is 105 Å². The molecule has 0 spiro atoms. The first kappa shape index (κ1) is 22.2. The molecule has 0 aromatic heterocycles. The molecule has 0 saturated carbocycles. The smallest absolute Gasteiger partial charge is 0.338 e. The van der Waals surface area contributed by atoms with Crippen molar-refractivity contribution in [2.75, 3.05) is 21.3 Å². The Kier molecular flexibility index (Phi) is 8.04. The lowest BCUT2D eigenvalue weighted by Gasteiger charge is -2.22. The molecule has 0 aliphatic carbocycles. The molecular formula is C18H21NO7S. The second kappa shape index (κ2) is 9.77. The number of allylic oxidation sites excluding steroid dienone is 2. The van der Waals surface area contributed by atoms with Crippen LogP contribution in [0, 0.1) is 10.1 Å². The molecule has 0 N–H and O–H groups in total. The molecule has 0 aliphatic rings. The highest BCUT2D eigenvalue weighted by Crippen LogP contribution is 2.40. The van der Waals surface area contributed by atoms with Crippen molar-refractivity contribution in [3.05, 3.63) is 57.9 Å². The summed E-state index contributed by atoms with van der Waals surface area (Å²) < 4.78 is 13.3. The molecule has 1 unspecified atom stereocenters. The van der Waals surface area contributed by atoms with Crippen LogP contribution in [0.1, 0.15) is 24.2 Å². The number of hydrogen-bond acceptors (Lipinski definition) is 8. The fraction of sp³-hybridized carbons (Fsp3) is 0.333. The van der Waals surface area contributed by atoms with Gasteiger partial charge in [-0.25, -0.2) is 4.79 Å². The monoisotopic (exact) mass is 395 g/mol. The Hall–Kier alpha value is -2.81. The molecule has 0 radical (unpaired) electrons. The molecule has 0 bridgehead atoms. The lowest BCUT2D eigenvalue weighted by Crippen LogP contribution is -2.30. The van der Waals surface area contributed by atoms with E-state index in [1.165, 1.54) is 33.5 Å².